The molecule has 0 spiro atoms. The zero-order valence-corrected chi connectivity index (χ0v) is 12.2. The SMILES string of the molecule is CC(C)CC(=O)Nc1ccc(Nc2ccccc2F)cc1. The number of para-hydroxylation sites is 1. The van der Waals surface area contributed by atoms with Crippen LogP contribution in [0.3, 0.4) is 0 Å². The molecule has 0 aliphatic heterocycles. The van der Waals surface area contributed by atoms with Gasteiger partial charge in [-0.1, -0.05) is 26.0 Å². The Kier molecular flexibility index (Phi) is 4.93. The van der Waals surface area contributed by atoms with E-state index in [0.29, 0.717) is 18.0 Å². The molecule has 2 N–H and O–H groups in total. The van der Waals surface area contributed by atoms with Gasteiger partial charge in [0.1, 0.15) is 5.82 Å². The molecule has 3 nitrogen and oxygen atoms in total. The van der Waals surface area contributed by atoms with Crippen molar-refractivity contribution in [3.63, 3.8) is 0 Å². The first-order valence-corrected chi connectivity index (χ1v) is 6.96. The van der Waals surface area contributed by atoms with Gasteiger partial charge in [-0.15, -0.1) is 0 Å². The maximum Gasteiger partial charge on any atom is 0.224 e. The summed E-state index contributed by atoms with van der Waals surface area (Å²) in [6.07, 6.45) is 0.495. The molecule has 110 valence electrons. The molecule has 0 fully saturated rings. The second kappa shape index (κ2) is 6.88. The molecule has 0 radical (unpaired) electrons. The number of nitrogens with one attached hydrogen (secondary N) is 2. The van der Waals surface area contributed by atoms with E-state index in [1.807, 2.05) is 13.8 Å². The number of carbonyl (C=O) groups excluding carboxylic acids is 1. The molecule has 0 heterocycles. The van der Waals surface area contributed by atoms with Crippen molar-refractivity contribution in [1.82, 2.24) is 0 Å². The Morgan fingerprint density at radius 3 is 2.29 bits per heavy atom. The molecule has 0 saturated carbocycles. The van der Waals surface area contributed by atoms with Gasteiger partial charge in [0.2, 0.25) is 5.91 Å². The van der Waals surface area contributed by atoms with Gasteiger partial charge in [0.15, 0.2) is 0 Å². The van der Waals surface area contributed by atoms with Gasteiger partial charge in [0.25, 0.3) is 0 Å². The van der Waals surface area contributed by atoms with Gasteiger partial charge < -0.3 is 10.6 Å². The van der Waals surface area contributed by atoms with Crippen molar-refractivity contribution in [2.24, 2.45) is 5.92 Å². The molecule has 4 heteroatoms. The molecule has 2 aromatic carbocycles. The number of amides is 1. The molecule has 1 amide bonds. The fourth-order valence-electron chi connectivity index (χ4n) is 1.94. The molecule has 0 aliphatic rings. The summed E-state index contributed by atoms with van der Waals surface area (Å²) in [5.41, 5.74) is 1.93. The number of halogens is 1. The van der Waals surface area contributed by atoms with Crippen molar-refractivity contribution < 1.29 is 9.18 Å². The van der Waals surface area contributed by atoms with Crippen LogP contribution in [0.5, 0.6) is 0 Å². The van der Waals surface area contributed by atoms with Gasteiger partial charge in [-0.3, -0.25) is 4.79 Å². The van der Waals surface area contributed by atoms with E-state index in [-0.39, 0.29) is 11.7 Å². The molecule has 21 heavy (non-hydrogen) atoms. The predicted octanol–water partition coefficient (Wildman–Crippen LogP) is 4.55. The summed E-state index contributed by atoms with van der Waals surface area (Å²) in [7, 11) is 0. The molecule has 0 aliphatic carbocycles. The topological polar surface area (TPSA) is 41.1 Å². The van der Waals surface area contributed by atoms with Gasteiger partial charge in [-0.2, -0.15) is 0 Å². The molecule has 2 aromatic rings. The fraction of sp³-hybridized carbons (Fsp3) is 0.235. The molecule has 2 rings (SSSR count). The van der Waals surface area contributed by atoms with Crippen molar-refractivity contribution in [2.75, 3.05) is 10.6 Å². The lowest BCUT2D eigenvalue weighted by atomic mass is 10.1. The van der Waals surface area contributed by atoms with Crippen LogP contribution in [0.1, 0.15) is 20.3 Å². The fourth-order valence-corrected chi connectivity index (χ4v) is 1.94. The quantitative estimate of drug-likeness (QED) is 0.846. The Morgan fingerprint density at radius 1 is 1.05 bits per heavy atom. The van der Waals surface area contributed by atoms with Gasteiger partial charge in [-0.25, -0.2) is 4.39 Å². The summed E-state index contributed by atoms with van der Waals surface area (Å²) in [4.78, 5) is 11.7. The van der Waals surface area contributed by atoms with Gasteiger partial charge in [-0.05, 0) is 42.3 Å². The molecular weight excluding hydrogens is 267 g/mol. The molecule has 0 bridgehead atoms. The van der Waals surface area contributed by atoms with Crippen LogP contribution in [0, 0.1) is 11.7 Å². The van der Waals surface area contributed by atoms with E-state index in [1.54, 1.807) is 42.5 Å². The highest BCUT2D eigenvalue weighted by molar-refractivity contribution is 5.91. The average molecular weight is 286 g/mol. The molecule has 0 saturated heterocycles. The average Bonchev–Trinajstić information content (AvgIpc) is 2.42. The number of hydrogen-bond acceptors (Lipinski definition) is 2. The van der Waals surface area contributed by atoms with Crippen LogP contribution in [0.2, 0.25) is 0 Å². The lowest BCUT2D eigenvalue weighted by molar-refractivity contribution is -0.116. The van der Waals surface area contributed by atoms with Crippen LogP contribution in [0.15, 0.2) is 48.5 Å². The van der Waals surface area contributed by atoms with Crippen molar-refractivity contribution >= 4 is 23.0 Å². The third-order valence-electron chi connectivity index (χ3n) is 2.92. The van der Waals surface area contributed by atoms with Gasteiger partial charge in [0, 0.05) is 17.8 Å². The predicted molar refractivity (Wildman–Crippen MR) is 84.2 cm³/mol. The summed E-state index contributed by atoms with van der Waals surface area (Å²) < 4.78 is 13.5. The third-order valence-corrected chi connectivity index (χ3v) is 2.92. The molecule has 0 aromatic heterocycles. The maximum absolute atomic E-state index is 13.5. The number of hydrogen-bond donors (Lipinski definition) is 2. The zero-order valence-electron chi connectivity index (χ0n) is 12.2. The minimum Gasteiger partial charge on any atom is -0.353 e. The largest absolute Gasteiger partial charge is 0.353 e. The van der Waals surface area contributed by atoms with Crippen LogP contribution < -0.4 is 10.6 Å². The molecular formula is C17H19FN2O. The molecule has 0 atom stereocenters. The maximum atomic E-state index is 13.5. The van der Waals surface area contributed by atoms with E-state index >= 15 is 0 Å². The second-order valence-electron chi connectivity index (χ2n) is 5.33. The van der Waals surface area contributed by atoms with E-state index in [0.717, 1.165) is 11.4 Å². The lowest BCUT2D eigenvalue weighted by Gasteiger charge is -2.10. The normalized spacial score (nSPS) is 10.5. The van der Waals surface area contributed by atoms with Crippen LogP contribution in [-0.4, -0.2) is 5.91 Å². The highest BCUT2D eigenvalue weighted by Crippen LogP contribution is 2.21. The summed E-state index contributed by atoms with van der Waals surface area (Å²) in [5, 5.41) is 5.83. The first-order chi connectivity index (χ1) is 10.0. The van der Waals surface area contributed by atoms with Crippen molar-refractivity contribution in [1.29, 1.82) is 0 Å². The van der Waals surface area contributed by atoms with Crippen LogP contribution in [-0.2, 0) is 4.79 Å². The van der Waals surface area contributed by atoms with E-state index in [4.69, 9.17) is 0 Å². The first-order valence-electron chi connectivity index (χ1n) is 6.96. The van der Waals surface area contributed by atoms with Crippen molar-refractivity contribution in [3.8, 4) is 0 Å². The Hall–Kier alpha value is -2.36. The minimum atomic E-state index is -0.299. The molecule has 0 unspecified atom stereocenters. The van der Waals surface area contributed by atoms with E-state index < -0.39 is 0 Å². The first kappa shape index (κ1) is 15.0. The number of anilines is 3. The smallest absolute Gasteiger partial charge is 0.224 e. The summed E-state index contributed by atoms with van der Waals surface area (Å²) in [6.45, 7) is 4.00. The number of rotatable bonds is 5. The van der Waals surface area contributed by atoms with Crippen molar-refractivity contribution in [3.05, 3.63) is 54.3 Å². The Bertz CT molecular complexity index is 608. The Balaban J connectivity index is 1.99. The third kappa shape index (κ3) is 4.60. The van der Waals surface area contributed by atoms with Crippen molar-refractivity contribution in [2.45, 2.75) is 20.3 Å². The Labute approximate surface area is 124 Å². The standard InChI is InChI=1S/C17H19FN2O/c1-12(2)11-17(21)20-14-9-7-13(8-10-14)19-16-6-4-3-5-15(16)18/h3-10,12,19H,11H2,1-2H3,(H,20,21). The Morgan fingerprint density at radius 2 is 1.67 bits per heavy atom. The number of carbonyl (C=O) groups is 1. The van der Waals surface area contributed by atoms with Crippen LogP contribution >= 0.6 is 0 Å². The highest BCUT2D eigenvalue weighted by atomic mass is 19.1. The van der Waals surface area contributed by atoms with Gasteiger partial charge >= 0.3 is 0 Å². The van der Waals surface area contributed by atoms with Gasteiger partial charge in [0.05, 0.1) is 5.69 Å². The number of benzene rings is 2. The van der Waals surface area contributed by atoms with Crippen LogP contribution in [0.25, 0.3) is 0 Å². The highest BCUT2D eigenvalue weighted by Gasteiger charge is 2.05. The van der Waals surface area contributed by atoms with Crippen LogP contribution in [0.4, 0.5) is 21.5 Å². The summed E-state index contributed by atoms with van der Waals surface area (Å²) in [6, 6.07) is 13.7. The van der Waals surface area contributed by atoms with E-state index in [9.17, 15) is 9.18 Å². The minimum absolute atomic E-state index is 0.000173. The monoisotopic (exact) mass is 286 g/mol. The second-order valence-corrected chi connectivity index (χ2v) is 5.33. The zero-order chi connectivity index (χ0) is 15.2. The van der Waals surface area contributed by atoms with E-state index in [1.165, 1.54) is 6.07 Å². The lowest BCUT2D eigenvalue weighted by Crippen LogP contribution is -2.13. The summed E-state index contributed by atoms with van der Waals surface area (Å²) >= 11 is 0. The van der Waals surface area contributed by atoms with E-state index in [2.05, 4.69) is 10.6 Å². The summed E-state index contributed by atoms with van der Waals surface area (Å²) in [5.74, 6) is 0.0265.